The fraction of sp³-hybridized carbons (Fsp3) is 0.393. The van der Waals surface area contributed by atoms with E-state index in [1.54, 1.807) is 18.3 Å². The molecule has 1 saturated carbocycles. The van der Waals surface area contributed by atoms with Crippen LogP contribution >= 0.6 is 23.2 Å². The van der Waals surface area contributed by atoms with Crippen molar-refractivity contribution < 1.29 is 9.53 Å². The highest BCUT2D eigenvalue weighted by atomic mass is 35.5. The van der Waals surface area contributed by atoms with Gasteiger partial charge >= 0.3 is 0 Å². The van der Waals surface area contributed by atoms with Gasteiger partial charge in [-0.15, -0.1) is 0 Å². The first-order valence-electron chi connectivity index (χ1n) is 12.3. The van der Waals surface area contributed by atoms with Crippen LogP contribution in [0.15, 0.2) is 30.5 Å². The van der Waals surface area contributed by atoms with Crippen molar-refractivity contribution in [2.45, 2.75) is 52.2 Å². The van der Waals surface area contributed by atoms with E-state index in [-0.39, 0.29) is 17.5 Å². The third-order valence-electron chi connectivity index (χ3n) is 7.10. The Morgan fingerprint density at radius 1 is 1.28 bits per heavy atom. The molecule has 0 bridgehead atoms. The Bertz CT molecular complexity index is 1340. The molecular weight excluding hydrogens is 495 g/mol. The lowest BCUT2D eigenvalue weighted by molar-refractivity contribution is 0.0976. The zero-order chi connectivity index (χ0) is 25.6. The number of carbonyl (C=O) groups is 1. The van der Waals surface area contributed by atoms with Gasteiger partial charge in [-0.1, -0.05) is 23.2 Å². The number of ketones is 1. The van der Waals surface area contributed by atoms with E-state index in [1.807, 2.05) is 6.92 Å². The molecule has 0 amide bonds. The number of halogens is 2. The summed E-state index contributed by atoms with van der Waals surface area (Å²) >= 11 is 13.2. The quantitative estimate of drug-likeness (QED) is 0.357. The molecule has 5 rings (SSSR count). The highest BCUT2D eigenvalue weighted by Crippen LogP contribution is 2.39. The summed E-state index contributed by atoms with van der Waals surface area (Å²) in [7, 11) is 2.13. The lowest BCUT2D eigenvalue weighted by Gasteiger charge is -2.27. The van der Waals surface area contributed by atoms with E-state index in [0.717, 1.165) is 37.9 Å². The maximum atomic E-state index is 12.8. The maximum absolute atomic E-state index is 12.8. The first-order chi connectivity index (χ1) is 17.2. The number of anilines is 1. The molecule has 0 spiro atoms. The molecule has 188 valence electrons. The van der Waals surface area contributed by atoms with Gasteiger partial charge in [0.15, 0.2) is 11.6 Å². The van der Waals surface area contributed by atoms with Crippen molar-refractivity contribution in [3.8, 4) is 17.1 Å². The van der Waals surface area contributed by atoms with E-state index in [4.69, 9.17) is 38.7 Å². The van der Waals surface area contributed by atoms with Crippen molar-refractivity contribution in [1.29, 1.82) is 0 Å². The molecule has 0 saturated heterocycles. The monoisotopic (exact) mass is 524 g/mol. The van der Waals surface area contributed by atoms with Gasteiger partial charge in [0.1, 0.15) is 6.10 Å². The standard InChI is InChI=1S/C28H30Cl2N4O2/c1-15-10-18(12-19-14-34(3)9-8-20(15)19)23-13-32-27(31)28(33-23)36-16(2)25-22(29)7-6-21(26(25)30)24(35)11-17-4-5-17/h6-7,10,12-13,16-17H,4-5,8-9,11,14H2,1-3H3,(H2,31,32)/t16-/m1/s1. The average molecular weight is 525 g/mol. The van der Waals surface area contributed by atoms with Gasteiger partial charge in [-0.05, 0) is 87.0 Å². The summed E-state index contributed by atoms with van der Waals surface area (Å²) in [6.45, 7) is 5.91. The first-order valence-corrected chi connectivity index (χ1v) is 13.1. The van der Waals surface area contributed by atoms with Gasteiger partial charge in [-0.2, -0.15) is 0 Å². The Labute approximate surface area is 221 Å². The molecule has 8 heteroatoms. The predicted octanol–water partition coefficient (Wildman–Crippen LogP) is 6.45. The van der Waals surface area contributed by atoms with Gasteiger partial charge in [0.2, 0.25) is 0 Å². The molecule has 36 heavy (non-hydrogen) atoms. The van der Waals surface area contributed by atoms with Crippen molar-refractivity contribution >= 4 is 34.8 Å². The lowest BCUT2D eigenvalue weighted by atomic mass is 9.92. The molecule has 1 aliphatic heterocycles. The molecule has 1 fully saturated rings. The number of rotatable bonds is 7. The van der Waals surface area contributed by atoms with Gasteiger partial charge in [-0.3, -0.25) is 4.79 Å². The number of aromatic nitrogens is 2. The van der Waals surface area contributed by atoms with E-state index >= 15 is 0 Å². The minimum atomic E-state index is -0.593. The average Bonchev–Trinajstić information content (AvgIpc) is 3.64. The van der Waals surface area contributed by atoms with Gasteiger partial charge in [0.05, 0.1) is 16.9 Å². The molecule has 3 aromatic rings. The largest absolute Gasteiger partial charge is 0.467 e. The zero-order valence-electron chi connectivity index (χ0n) is 20.8. The SMILES string of the molecule is Cc1cc(-c2cnc(N)c(O[C@H](C)c3c(Cl)ccc(C(=O)CC4CC4)c3Cl)n2)cc2c1CCN(C)C2. The van der Waals surface area contributed by atoms with Crippen LogP contribution in [0.25, 0.3) is 11.3 Å². The van der Waals surface area contributed by atoms with E-state index in [0.29, 0.717) is 39.2 Å². The molecule has 1 atom stereocenters. The lowest BCUT2D eigenvalue weighted by Crippen LogP contribution is -2.27. The summed E-state index contributed by atoms with van der Waals surface area (Å²) in [5, 5.41) is 0.741. The molecule has 2 heterocycles. The minimum absolute atomic E-state index is 0.0299. The number of nitrogens with zero attached hydrogens (tertiary/aromatic N) is 3. The molecule has 0 unspecified atom stereocenters. The van der Waals surface area contributed by atoms with E-state index in [2.05, 4.69) is 36.0 Å². The summed E-state index contributed by atoms with van der Waals surface area (Å²) in [5.74, 6) is 0.872. The smallest absolute Gasteiger partial charge is 0.258 e. The summed E-state index contributed by atoms with van der Waals surface area (Å²) in [6.07, 6.45) is 4.81. The van der Waals surface area contributed by atoms with Crippen LogP contribution in [0.3, 0.4) is 0 Å². The second-order valence-electron chi connectivity index (χ2n) is 10.0. The normalized spacial score (nSPS) is 16.5. The van der Waals surface area contributed by atoms with E-state index in [1.165, 1.54) is 16.7 Å². The van der Waals surface area contributed by atoms with Crippen LogP contribution in [-0.2, 0) is 13.0 Å². The molecule has 2 N–H and O–H groups in total. The first kappa shape index (κ1) is 25.0. The molecular formula is C28H30Cl2N4O2. The molecule has 1 aliphatic carbocycles. The number of hydrogen-bond acceptors (Lipinski definition) is 6. The number of carbonyl (C=O) groups excluding carboxylic acids is 1. The van der Waals surface area contributed by atoms with E-state index < -0.39 is 6.10 Å². The summed E-state index contributed by atoms with van der Waals surface area (Å²) in [4.78, 5) is 24.1. The Morgan fingerprint density at radius 2 is 2.06 bits per heavy atom. The second kappa shape index (κ2) is 10.0. The highest BCUT2D eigenvalue weighted by molar-refractivity contribution is 6.38. The third kappa shape index (κ3) is 5.08. The molecule has 2 aromatic carbocycles. The number of benzene rings is 2. The summed E-state index contributed by atoms with van der Waals surface area (Å²) < 4.78 is 6.16. The van der Waals surface area contributed by atoms with Gasteiger partial charge in [-0.25, -0.2) is 9.97 Å². The number of aryl methyl sites for hydroxylation is 1. The number of likely N-dealkylation sites (N-methyl/N-ethyl adjacent to an activating group) is 1. The fourth-order valence-corrected chi connectivity index (χ4v) is 5.68. The Kier molecular flexibility index (Phi) is 6.95. The number of nitrogen functional groups attached to an aromatic ring is 1. The van der Waals surface area contributed by atoms with Crippen LogP contribution in [0.4, 0.5) is 5.82 Å². The number of ether oxygens (including phenoxy) is 1. The Hall–Kier alpha value is -2.67. The number of fused-ring (bicyclic) bond motifs is 1. The molecule has 1 aromatic heterocycles. The van der Waals surface area contributed by atoms with Gasteiger partial charge < -0.3 is 15.4 Å². The second-order valence-corrected chi connectivity index (χ2v) is 10.8. The summed E-state index contributed by atoms with van der Waals surface area (Å²) in [6, 6.07) is 7.70. The molecule has 6 nitrogen and oxygen atoms in total. The maximum Gasteiger partial charge on any atom is 0.258 e. The van der Waals surface area contributed by atoms with Crippen molar-refractivity contribution in [3.05, 3.63) is 68.3 Å². The van der Waals surface area contributed by atoms with Crippen LogP contribution in [-0.4, -0.2) is 34.2 Å². The van der Waals surface area contributed by atoms with Crippen molar-refractivity contribution in [2.24, 2.45) is 5.92 Å². The number of Topliss-reactive ketones (excluding diaryl/α,β-unsaturated/α-hetero) is 1. The fourth-order valence-electron chi connectivity index (χ4n) is 4.89. The zero-order valence-corrected chi connectivity index (χ0v) is 22.3. The van der Waals surface area contributed by atoms with E-state index in [9.17, 15) is 4.79 Å². The summed E-state index contributed by atoms with van der Waals surface area (Å²) in [5.41, 5.74) is 12.8. The third-order valence-corrected chi connectivity index (χ3v) is 7.84. The van der Waals surface area contributed by atoms with Crippen LogP contribution in [0.5, 0.6) is 5.88 Å². The minimum Gasteiger partial charge on any atom is -0.467 e. The van der Waals surface area contributed by atoms with Crippen LogP contribution in [0, 0.1) is 12.8 Å². The number of nitrogens with two attached hydrogens (primary N) is 1. The van der Waals surface area contributed by atoms with Crippen molar-refractivity contribution in [2.75, 3.05) is 19.3 Å². The van der Waals surface area contributed by atoms with Gasteiger partial charge in [0, 0.05) is 41.2 Å². The topological polar surface area (TPSA) is 81.3 Å². The Morgan fingerprint density at radius 3 is 2.81 bits per heavy atom. The Balaban J connectivity index is 1.44. The van der Waals surface area contributed by atoms with Crippen LogP contribution in [0.1, 0.15) is 64.9 Å². The van der Waals surface area contributed by atoms with Crippen LogP contribution in [0.2, 0.25) is 10.0 Å². The van der Waals surface area contributed by atoms with Crippen LogP contribution < -0.4 is 10.5 Å². The van der Waals surface area contributed by atoms with Gasteiger partial charge in [0.25, 0.3) is 5.88 Å². The molecule has 2 aliphatic rings. The number of hydrogen-bond donors (Lipinski definition) is 1. The molecule has 0 radical (unpaired) electrons. The predicted molar refractivity (Wildman–Crippen MR) is 144 cm³/mol. The highest BCUT2D eigenvalue weighted by Gasteiger charge is 2.28. The van der Waals surface area contributed by atoms with Crippen molar-refractivity contribution in [3.63, 3.8) is 0 Å². The van der Waals surface area contributed by atoms with Crippen molar-refractivity contribution in [1.82, 2.24) is 14.9 Å².